The van der Waals surface area contributed by atoms with Gasteiger partial charge in [-0.05, 0) is 20.3 Å². The highest BCUT2D eigenvalue weighted by Gasteiger charge is 2.31. The molecule has 0 heterocycles. The molecule has 0 unspecified atom stereocenters. The smallest absolute Gasteiger partial charge is 0.309 e. The molecule has 1 N–H and O–H groups in total. The molecular formula is C11H21NO3. The van der Waals surface area contributed by atoms with Crippen molar-refractivity contribution in [2.75, 3.05) is 13.6 Å². The molecule has 0 aromatic rings. The van der Waals surface area contributed by atoms with Gasteiger partial charge in [0.2, 0.25) is 5.91 Å². The van der Waals surface area contributed by atoms with Gasteiger partial charge in [0, 0.05) is 20.0 Å². The van der Waals surface area contributed by atoms with E-state index >= 15 is 0 Å². The Morgan fingerprint density at radius 3 is 2.27 bits per heavy atom. The monoisotopic (exact) mass is 215 g/mol. The highest BCUT2D eigenvalue weighted by atomic mass is 16.4. The summed E-state index contributed by atoms with van der Waals surface area (Å²) in [7, 11) is 1.72. The minimum atomic E-state index is -0.975. The summed E-state index contributed by atoms with van der Waals surface area (Å²) >= 11 is 0. The summed E-state index contributed by atoms with van der Waals surface area (Å²) < 4.78 is 0. The largest absolute Gasteiger partial charge is 0.481 e. The number of carboxylic acid groups (broad SMARTS) is 1. The van der Waals surface area contributed by atoms with Crippen LogP contribution in [0.1, 0.15) is 40.0 Å². The van der Waals surface area contributed by atoms with Gasteiger partial charge in [-0.15, -0.1) is 0 Å². The lowest BCUT2D eigenvalue weighted by molar-refractivity contribution is -0.151. The topological polar surface area (TPSA) is 57.6 Å². The number of hydrogen-bond acceptors (Lipinski definition) is 2. The fourth-order valence-electron chi connectivity index (χ4n) is 1.11. The summed E-state index contributed by atoms with van der Waals surface area (Å²) in [6.45, 7) is 5.90. The molecule has 0 saturated carbocycles. The number of rotatable bonds is 6. The SMILES string of the molecule is CCCCN(C)C(=O)CC(C)(C)C(=O)O. The second-order valence-corrected chi connectivity index (χ2v) is 4.53. The minimum Gasteiger partial charge on any atom is -0.481 e. The molecule has 0 aromatic heterocycles. The van der Waals surface area contributed by atoms with Crippen LogP contribution in [0.4, 0.5) is 0 Å². The molecule has 0 radical (unpaired) electrons. The zero-order valence-electron chi connectivity index (χ0n) is 10.0. The number of carbonyl (C=O) groups excluding carboxylic acids is 1. The minimum absolute atomic E-state index is 0.0581. The third-order valence-corrected chi connectivity index (χ3v) is 2.44. The molecule has 0 aromatic carbocycles. The Morgan fingerprint density at radius 1 is 1.33 bits per heavy atom. The third kappa shape index (κ3) is 4.81. The maximum Gasteiger partial charge on any atom is 0.309 e. The molecule has 0 bridgehead atoms. The zero-order valence-corrected chi connectivity index (χ0v) is 10.0. The van der Waals surface area contributed by atoms with Crippen LogP contribution in [0.15, 0.2) is 0 Å². The second kappa shape index (κ2) is 5.73. The lowest BCUT2D eigenvalue weighted by Gasteiger charge is -2.23. The molecule has 0 fully saturated rings. The summed E-state index contributed by atoms with van der Waals surface area (Å²) in [5.74, 6) is -1.03. The molecule has 0 aliphatic carbocycles. The number of nitrogens with zero attached hydrogens (tertiary/aromatic N) is 1. The number of aliphatic carboxylic acids is 1. The Morgan fingerprint density at radius 2 is 1.87 bits per heavy atom. The van der Waals surface area contributed by atoms with Gasteiger partial charge >= 0.3 is 5.97 Å². The molecule has 4 heteroatoms. The molecule has 0 atom stereocenters. The van der Waals surface area contributed by atoms with Gasteiger partial charge in [-0.3, -0.25) is 9.59 Å². The van der Waals surface area contributed by atoms with E-state index in [0.29, 0.717) is 6.54 Å². The Kier molecular flexibility index (Phi) is 5.33. The molecule has 0 aliphatic rings. The van der Waals surface area contributed by atoms with E-state index in [1.54, 1.807) is 25.8 Å². The Balaban J connectivity index is 4.18. The van der Waals surface area contributed by atoms with E-state index in [0.717, 1.165) is 12.8 Å². The molecule has 0 spiro atoms. The van der Waals surface area contributed by atoms with Gasteiger partial charge in [-0.2, -0.15) is 0 Å². The number of unbranched alkanes of at least 4 members (excludes halogenated alkanes) is 1. The van der Waals surface area contributed by atoms with Crippen LogP contribution in [0.2, 0.25) is 0 Å². The van der Waals surface area contributed by atoms with Crippen LogP contribution >= 0.6 is 0 Å². The van der Waals surface area contributed by atoms with Crippen LogP contribution in [-0.4, -0.2) is 35.5 Å². The second-order valence-electron chi connectivity index (χ2n) is 4.53. The number of carboxylic acids is 1. The van der Waals surface area contributed by atoms with E-state index in [-0.39, 0.29) is 12.3 Å². The third-order valence-electron chi connectivity index (χ3n) is 2.44. The van der Waals surface area contributed by atoms with Gasteiger partial charge < -0.3 is 10.0 Å². The fraction of sp³-hybridized carbons (Fsp3) is 0.818. The van der Waals surface area contributed by atoms with E-state index in [9.17, 15) is 9.59 Å². The van der Waals surface area contributed by atoms with E-state index in [1.165, 1.54) is 0 Å². The van der Waals surface area contributed by atoms with Crippen molar-refractivity contribution in [1.82, 2.24) is 4.90 Å². The predicted octanol–water partition coefficient (Wildman–Crippen LogP) is 1.75. The predicted molar refractivity (Wildman–Crippen MR) is 58.6 cm³/mol. The first-order chi connectivity index (χ1) is 6.81. The van der Waals surface area contributed by atoms with Crippen LogP contribution < -0.4 is 0 Å². The van der Waals surface area contributed by atoms with Crippen molar-refractivity contribution in [3.63, 3.8) is 0 Å². The molecule has 15 heavy (non-hydrogen) atoms. The molecule has 88 valence electrons. The van der Waals surface area contributed by atoms with Gasteiger partial charge in [0.25, 0.3) is 0 Å². The van der Waals surface area contributed by atoms with Crippen molar-refractivity contribution in [2.24, 2.45) is 5.41 Å². The normalized spacial score (nSPS) is 11.2. The van der Waals surface area contributed by atoms with E-state index < -0.39 is 11.4 Å². The average Bonchev–Trinajstić information content (AvgIpc) is 2.13. The quantitative estimate of drug-likeness (QED) is 0.734. The summed E-state index contributed by atoms with van der Waals surface area (Å²) in [4.78, 5) is 24.1. The standard InChI is InChI=1S/C11H21NO3/c1-5-6-7-12(4)9(13)8-11(2,3)10(14)15/h5-8H2,1-4H3,(H,14,15). The molecule has 1 amide bonds. The van der Waals surface area contributed by atoms with Crippen molar-refractivity contribution in [2.45, 2.75) is 40.0 Å². The maximum atomic E-state index is 11.6. The van der Waals surface area contributed by atoms with Crippen LogP contribution in [0.3, 0.4) is 0 Å². The van der Waals surface area contributed by atoms with Crippen LogP contribution in [-0.2, 0) is 9.59 Å². The summed E-state index contributed by atoms with van der Waals surface area (Å²) in [5, 5.41) is 8.88. The first-order valence-corrected chi connectivity index (χ1v) is 5.28. The van der Waals surface area contributed by atoms with Crippen molar-refractivity contribution in [3.05, 3.63) is 0 Å². The number of amides is 1. The highest BCUT2D eigenvalue weighted by Crippen LogP contribution is 2.21. The zero-order chi connectivity index (χ0) is 12.1. The average molecular weight is 215 g/mol. The maximum absolute atomic E-state index is 11.6. The van der Waals surface area contributed by atoms with Crippen molar-refractivity contribution < 1.29 is 14.7 Å². The van der Waals surface area contributed by atoms with Crippen molar-refractivity contribution in [1.29, 1.82) is 0 Å². The number of hydrogen-bond donors (Lipinski definition) is 1. The van der Waals surface area contributed by atoms with Gasteiger partial charge in [0.1, 0.15) is 0 Å². The lowest BCUT2D eigenvalue weighted by Crippen LogP contribution is -2.35. The fourth-order valence-corrected chi connectivity index (χ4v) is 1.11. The van der Waals surface area contributed by atoms with Gasteiger partial charge in [-0.1, -0.05) is 13.3 Å². The van der Waals surface area contributed by atoms with Crippen molar-refractivity contribution in [3.8, 4) is 0 Å². The van der Waals surface area contributed by atoms with Gasteiger partial charge in [-0.25, -0.2) is 0 Å². The van der Waals surface area contributed by atoms with Gasteiger partial charge in [0.15, 0.2) is 0 Å². The number of carbonyl (C=O) groups is 2. The van der Waals surface area contributed by atoms with E-state index in [2.05, 4.69) is 6.92 Å². The van der Waals surface area contributed by atoms with Crippen LogP contribution in [0.25, 0.3) is 0 Å². The Labute approximate surface area is 91.3 Å². The summed E-state index contributed by atoms with van der Waals surface area (Å²) in [6.07, 6.45) is 2.04. The first-order valence-electron chi connectivity index (χ1n) is 5.28. The van der Waals surface area contributed by atoms with E-state index in [4.69, 9.17) is 5.11 Å². The lowest BCUT2D eigenvalue weighted by atomic mass is 9.89. The summed E-state index contributed by atoms with van der Waals surface area (Å²) in [6, 6.07) is 0. The van der Waals surface area contributed by atoms with Crippen molar-refractivity contribution >= 4 is 11.9 Å². The van der Waals surface area contributed by atoms with Crippen LogP contribution in [0, 0.1) is 5.41 Å². The molecule has 0 saturated heterocycles. The molecule has 0 rings (SSSR count). The summed E-state index contributed by atoms with van der Waals surface area (Å²) in [5.41, 5.74) is -0.975. The van der Waals surface area contributed by atoms with Gasteiger partial charge in [0.05, 0.1) is 5.41 Å². The molecule has 4 nitrogen and oxygen atoms in total. The molecule has 0 aliphatic heterocycles. The Hall–Kier alpha value is -1.06. The highest BCUT2D eigenvalue weighted by molar-refractivity contribution is 5.84. The van der Waals surface area contributed by atoms with Crippen LogP contribution in [0.5, 0.6) is 0 Å². The van der Waals surface area contributed by atoms with E-state index in [1.807, 2.05) is 0 Å². The first kappa shape index (κ1) is 13.9. The molecular weight excluding hydrogens is 194 g/mol. The Bertz CT molecular complexity index is 236.